The summed E-state index contributed by atoms with van der Waals surface area (Å²) < 4.78 is 10.7. The number of rotatable bonds is 2. The topological polar surface area (TPSA) is 59.0 Å². The Labute approximate surface area is 103 Å². The zero-order valence-electron chi connectivity index (χ0n) is 11.1. The first kappa shape index (κ1) is 14.3. The van der Waals surface area contributed by atoms with Gasteiger partial charge in [-0.1, -0.05) is 0 Å². The maximum absolute atomic E-state index is 11.8. The van der Waals surface area contributed by atoms with Gasteiger partial charge >= 0.3 is 6.09 Å². The molecule has 17 heavy (non-hydrogen) atoms. The number of hydrogen-bond donors (Lipinski definition) is 1. The van der Waals surface area contributed by atoms with Crippen LogP contribution in [0, 0.1) is 0 Å². The summed E-state index contributed by atoms with van der Waals surface area (Å²) in [5, 5.41) is 9.73. The van der Waals surface area contributed by atoms with Gasteiger partial charge in [-0.3, -0.25) is 0 Å². The Morgan fingerprint density at radius 2 is 2.12 bits per heavy atom. The number of hydrogen-bond acceptors (Lipinski definition) is 4. The molecule has 1 heterocycles. The number of carbonyl (C=O) groups excluding carboxylic acids is 1. The lowest BCUT2D eigenvalue weighted by Gasteiger charge is -2.36. The van der Waals surface area contributed by atoms with Crippen LogP contribution in [-0.2, 0) is 9.47 Å². The molecular formula is C12H23NO4. The van der Waals surface area contributed by atoms with E-state index in [1.807, 2.05) is 27.7 Å². The Morgan fingerprint density at radius 1 is 1.47 bits per heavy atom. The van der Waals surface area contributed by atoms with Crippen LogP contribution in [-0.4, -0.2) is 53.6 Å². The maximum atomic E-state index is 11.8. The van der Waals surface area contributed by atoms with Crippen LogP contribution in [0.5, 0.6) is 0 Å². The average Bonchev–Trinajstić information content (AvgIpc) is 2.19. The Morgan fingerprint density at radius 3 is 2.65 bits per heavy atom. The molecule has 1 amide bonds. The SMILES string of the molecule is CCO[C@@H]1CN(C(=O)OC(C)(C)C)CC[C@@H]1O. The van der Waals surface area contributed by atoms with E-state index in [-0.39, 0.29) is 12.2 Å². The van der Waals surface area contributed by atoms with Crippen molar-refractivity contribution in [3.05, 3.63) is 0 Å². The van der Waals surface area contributed by atoms with Crippen molar-refractivity contribution in [2.75, 3.05) is 19.7 Å². The molecule has 0 radical (unpaired) electrons. The summed E-state index contributed by atoms with van der Waals surface area (Å²) in [6.07, 6.45) is -0.604. The van der Waals surface area contributed by atoms with Crippen molar-refractivity contribution in [2.24, 2.45) is 0 Å². The minimum atomic E-state index is -0.492. The lowest BCUT2D eigenvalue weighted by Crippen LogP contribution is -2.51. The predicted octanol–water partition coefficient (Wildman–Crippen LogP) is 1.39. The quantitative estimate of drug-likeness (QED) is 0.798. The van der Waals surface area contributed by atoms with Gasteiger partial charge in [-0.25, -0.2) is 4.79 Å². The normalized spacial score (nSPS) is 25.8. The van der Waals surface area contributed by atoms with Gasteiger partial charge in [-0.15, -0.1) is 0 Å². The van der Waals surface area contributed by atoms with Gasteiger partial charge in [-0.2, -0.15) is 0 Å². The van der Waals surface area contributed by atoms with Crippen molar-refractivity contribution in [3.8, 4) is 0 Å². The largest absolute Gasteiger partial charge is 0.444 e. The summed E-state index contributed by atoms with van der Waals surface area (Å²) in [4.78, 5) is 13.4. The molecule has 0 bridgehead atoms. The van der Waals surface area contributed by atoms with Crippen LogP contribution in [0.3, 0.4) is 0 Å². The van der Waals surface area contributed by atoms with Gasteiger partial charge in [0.25, 0.3) is 0 Å². The number of nitrogens with zero attached hydrogens (tertiary/aromatic N) is 1. The second-order valence-corrected chi connectivity index (χ2v) is 5.28. The van der Waals surface area contributed by atoms with E-state index in [2.05, 4.69) is 0 Å². The number of ether oxygens (including phenoxy) is 2. The third-order valence-corrected chi connectivity index (χ3v) is 2.56. The summed E-state index contributed by atoms with van der Waals surface area (Å²) in [6, 6.07) is 0. The molecule has 2 atom stereocenters. The second-order valence-electron chi connectivity index (χ2n) is 5.28. The lowest BCUT2D eigenvalue weighted by molar-refractivity contribution is -0.0780. The third-order valence-electron chi connectivity index (χ3n) is 2.56. The zero-order valence-corrected chi connectivity index (χ0v) is 11.1. The van der Waals surface area contributed by atoms with Crippen molar-refractivity contribution in [1.82, 2.24) is 4.90 Å². The van der Waals surface area contributed by atoms with Crippen LogP contribution < -0.4 is 0 Å². The number of aliphatic hydroxyl groups is 1. The molecule has 5 nitrogen and oxygen atoms in total. The molecule has 0 aromatic rings. The van der Waals surface area contributed by atoms with Gasteiger partial charge in [0, 0.05) is 13.2 Å². The molecule has 0 unspecified atom stereocenters. The van der Waals surface area contributed by atoms with Crippen molar-refractivity contribution >= 4 is 6.09 Å². The Kier molecular flexibility index (Phi) is 4.77. The number of amides is 1. The van der Waals surface area contributed by atoms with E-state index >= 15 is 0 Å². The van der Waals surface area contributed by atoms with Crippen molar-refractivity contribution in [2.45, 2.75) is 51.9 Å². The van der Waals surface area contributed by atoms with Crippen molar-refractivity contribution in [1.29, 1.82) is 0 Å². The first-order chi connectivity index (χ1) is 7.83. The summed E-state index contributed by atoms with van der Waals surface area (Å²) in [5.41, 5.74) is -0.492. The fraction of sp³-hybridized carbons (Fsp3) is 0.917. The van der Waals surface area contributed by atoms with Crippen LogP contribution in [0.25, 0.3) is 0 Å². The first-order valence-corrected chi connectivity index (χ1v) is 6.11. The number of aliphatic hydroxyl groups excluding tert-OH is 1. The highest BCUT2D eigenvalue weighted by Crippen LogP contribution is 2.17. The summed E-state index contributed by atoms with van der Waals surface area (Å²) >= 11 is 0. The fourth-order valence-electron chi connectivity index (χ4n) is 1.77. The molecule has 5 heteroatoms. The Bertz CT molecular complexity index is 262. The molecule has 0 saturated carbocycles. The molecule has 1 saturated heterocycles. The molecule has 1 aliphatic rings. The molecule has 0 aliphatic carbocycles. The summed E-state index contributed by atoms with van der Waals surface area (Å²) in [5.74, 6) is 0. The minimum Gasteiger partial charge on any atom is -0.444 e. The molecule has 0 spiro atoms. The van der Waals surface area contributed by atoms with E-state index in [9.17, 15) is 9.90 Å². The smallest absolute Gasteiger partial charge is 0.410 e. The molecular weight excluding hydrogens is 222 g/mol. The van der Waals surface area contributed by atoms with E-state index in [1.54, 1.807) is 4.90 Å². The molecule has 0 aromatic carbocycles. The predicted molar refractivity (Wildman–Crippen MR) is 63.8 cm³/mol. The van der Waals surface area contributed by atoms with Gasteiger partial charge in [0.1, 0.15) is 11.7 Å². The van der Waals surface area contributed by atoms with Crippen LogP contribution in [0.1, 0.15) is 34.1 Å². The van der Waals surface area contributed by atoms with E-state index in [4.69, 9.17) is 9.47 Å². The van der Waals surface area contributed by atoms with Crippen LogP contribution in [0.2, 0.25) is 0 Å². The van der Waals surface area contributed by atoms with E-state index in [0.717, 1.165) is 0 Å². The van der Waals surface area contributed by atoms with E-state index < -0.39 is 11.7 Å². The third kappa shape index (κ3) is 4.52. The Balaban J connectivity index is 2.52. The van der Waals surface area contributed by atoms with Crippen LogP contribution in [0.4, 0.5) is 4.79 Å². The van der Waals surface area contributed by atoms with E-state index in [1.165, 1.54) is 0 Å². The molecule has 1 rings (SSSR count). The molecule has 1 fully saturated rings. The van der Waals surface area contributed by atoms with Crippen LogP contribution in [0.15, 0.2) is 0 Å². The summed E-state index contributed by atoms with van der Waals surface area (Å²) in [6.45, 7) is 8.82. The monoisotopic (exact) mass is 245 g/mol. The molecule has 1 N–H and O–H groups in total. The standard InChI is InChI=1S/C12H23NO4/c1-5-16-10-8-13(7-6-9(10)14)11(15)17-12(2,3)4/h9-10,14H,5-8H2,1-4H3/t9-,10+/m0/s1. The number of carbonyl (C=O) groups is 1. The Hall–Kier alpha value is -0.810. The average molecular weight is 245 g/mol. The van der Waals surface area contributed by atoms with Gasteiger partial charge in [-0.05, 0) is 34.1 Å². The van der Waals surface area contributed by atoms with Gasteiger partial charge in [0.15, 0.2) is 0 Å². The van der Waals surface area contributed by atoms with E-state index in [0.29, 0.717) is 26.1 Å². The molecule has 0 aromatic heterocycles. The summed E-state index contributed by atoms with van der Waals surface area (Å²) in [7, 11) is 0. The van der Waals surface area contributed by atoms with Crippen molar-refractivity contribution in [3.63, 3.8) is 0 Å². The highest BCUT2D eigenvalue weighted by molar-refractivity contribution is 5.68. The first-order valence-electron chi connectivity index (χ1n) is 6.11. The van der Waals surface area contributed by atoms with Gasteiger partial charge in [0.05, 0.1) is 12.6 Å². The van der Waals surface area contributed by atoms with Crippen molar-refractivity contribution < 1.29 is 19.4 Å². The lowest BCUT2D eigenvalue weighted by atomic mass is 10.1. The minimum absolute atomic E-state index is 0.304. The number of likely N-dealkylation sites (tertiary alicyclic amines) is 1. The van der Waals surface area contributed by atoms with Gasteiger partial charge in [0.2, 0.25) is 0 Å². The fourth-order valence-corrected chi connectivity index (χ4v) is 1.77. The highest BCUT2D eigenvalue weighted by Gasteiger charge is 2.32. The van der Waals surface area contributed by atoms with Crippen LogP contribution >= 0.6 is 0 Å². The molecule has 100 valence electrons. The number of piperidine rings is 1. The van der Waals surface area contributed by atoms with Gasteiger partial charge < -0.3 is 19.5 Å². The molecule has 1 aliphatic heterocycles. The highest BCUT2D eigenvalue weighted by atomic mass is 16.6. The zero-order chi connectivity index (χ0) is 13.1. The maximum Gasteiger partial charge on any atom is 0.410 e. The second kappa shape index (κ2) is 5.69.